The molecule has 0 aliphatic carbocycles. The van der Waals surface area contributed by atoms with Crippen LogP contribution in [0.2, 0.25) is 0 Å². The summed E-state index contributed by atoms with van der Waals surface area (Å²) in [5, 5.41) is 0. The summed E-state index contributed by atoms with van der Waals surface area (Å²) in [7, 11) is 1.42. The molecule has 162 valence electrons. The van der Waals surface area contributed by atoms with Gasteiger partial charge in [0, 0.05) is 33.0 Å². The van der Waals surface area contributed by atoms with Gasteiger partial charge in [-0.05, 0) is 48.4 Å². The summed E-state index contributed by atoms with van der Waals surface area (Å²) >= 11 is 0. The topological polar surface area (TPSA) is 57.7 Å². The Bertz CT molecular complexity index is 985. The fourth-order valence-corrected chi connectivity index (χ4v) is 4.84. The molecule has 2 aliphatic rings. The van der Waals surface area contributed by atoms with Crippen molar-refractivity contribution in [3.05, 3.63) is 71.5 Å². The molecule has 3 amide bonds. The van der Waals surface area contributed by atoms with Gasteiger partial charge in [-0.15, -0.1) is 0 Å². The van der Waals surface area contributed by atoms with Gasteiger partial charge in [0.25, 0.3) is 0 Å². The maximum Gasteiger partial charge on any atom is 0.240 e. The summed E-state index contributed by atoms with van der Waals surface area (Å²) in [6, 6.07) is 16.0. The van der Waals surface area contributed by atoms with Gasteiger partial charge in [-0.3, -0.25) is 19.3 Å². The molecule has 2 fully saturated rings. The zero-order valence-electron chi connectivity index (χ0n) is 17.7. The fourth-order valence-electron chi connectivity index (χ4n) is 4.84. The Morgan fingerprint density at radius 1 is 1.06 bits per heavy atom. The number of hydrogen-bond acceptors (Lipinski definition) is 3. The molecule has 2 aromatic rings. The summed E-state index contributed by atoms with van der Waals surface area (Å²) in [5.41, 5.74) is 0.365. The third-order valence-corrected chi connectivity index (χ3v) is 6.71. The van der Waals surface area contributed by atoms with E-state index in [1.165, 1.54) is 30.8 Å². The van der Waals surface area contributed by atoms with Crippen molar-refractivity contribution in [1.29, 1.82) is 0 Å². The molecule has 0 saturated carbocycles. The quantitative estimate of drug-likeness (QED) is 0.695. The highest BCUT2D eigenvalue weighted by molar-refractivity contribution is 6.10. The van der Waals surface area contributed by atoms with Crippen LogP contribution in [0, 0.1) is 11.7 Å². The third-order valence-electron chi connectivity index (χ3n) is 6.71. The van der Waals surface area contributed by atoms with E-state index in [9.17, 15) is 18.8 Å². The fraction of sp³-hybridized carbons (Fsp3) is 0.400. The molecule has 2 heterocycles. The van der Waals surface area contributed by atoms with Crippen molar-refractivity contribution in [2.24, 2.45) is 5.92 Å². The Morgan fingerprint density at radius 3 is 2.39 bits per heavy atom. The van der Waals surface area contributed by atoms with Crippen molar-refractivity contribution in [2.75, 3.05) is 20.1 Å². The Labute approximate surface area is 181 Å². The van der Waals surface area contributed by atoms with Gasteiger partial charge in [-0.2, -0.15) is 0 Å². The van der Waals surface area contributed by atoms with Crippen LogP contribution in [0.4, 0.5) is 4.39 Å². The molecule has 0 spiro atoms. The lowest BCUT2D eigenvalue weighted by molar-refractivity contribution is -0.142. The summed E-state index contributed by atoms with van der Waals surface area (Å²) in [6.45, 7) is 1.26. The summed E-state index contributed by atoms with van der Waals surface area (Å²) in [4.78, 5) is 41.4. The number of piperidine rings is 1. The molecule has 2 saturated heterocycles. The second-order valence-electron chi connectivity index (χ2n) is 8.72. The highest BCUT2D eigenvalue weighted by Crippen LogP contribution is 2.40. The van der Waals surface area contributed by atoms with Crippen LogP contribution in [-0.2, 0) is 26.2 Å². The van der Waals surface area contributed by atoms with E-state index in [0.717, 1.165) is 24.2 Å². The van der Waals surface area contributed by atoms with E-state index in [0.29, 0.717) is 24.6 Å². The molecule has 2 aromatic carbocycles. The number of carbonyl (C=O) groups excluding carboxylic acids is 3. The van der Waals surface area contributed by atoms with Crippen LogP contribution in [-0.4, -0.2) is 47.7 Å². The highest BCUT2D eigenvalue weighted by atomic mass is 19.1. The lowest BCUT2D eigenvalue weighted by Gasteiger charge is -2.35. The molecule has 1 unspecified atom stereocenters. The first-order valence-electron chi connectivity index (χ1n) is 10.8. The molecule has 1 atom stereocenters. The predicted molar refractivity (Wildman–Crippen MR) is 115 cm³/mol. The van der Waals surface area contributed by atoms with E-state index in [1.807, 2.05) is 18.2 Å². The Balaban J connectivity index is 1.47. The monoisotopic (exact) mass is 422 g/mol. The molecule has 0 radical (unpaired) electrons. The second kappa shape index (κ2) is 8.61. The Morgan fingerprint density at radius 2 is 1.77 bits per heavy atom. The van der Waals surface area contributed by atoms with Gasteiger partial charge < -0.3 is 4.90 Å². The zero-order chi connectivity index (χ0) is 22.0. The SMILES string of the molecule is CN1C(=O)CC(CC(=O)N2CCC(Cc3ccccc3)CC2)(c2cccc(F)c2)C1=O. The standard InChI is InChI=1S/C25H27FN2O3/c1-27-22(29)16-25(24(27)31,20-8-5-9-21(26)15-20)17-23(30)28-12-10-19(11-13-28)14-18-6-3-2-4-7-18/h2-9,15,19H,10-14,16-17H2,1H3. The number of benzene rings is 2. The minimum atomic E-state index is -1.33. The summed E-state index contributed by atoms with van der Waals surface area (Å²) in [5.74, 6) is -0.900. The average Bonchev–Trinajstić information content (AvgIpc) is 2.99. The number of amides is 3. The predicted octanol–water partition coefficient (Wildman–Crippen LogP) is 3.32. The second-order valence-corrected chi connectivity index (χ2v) is 8.72. The first kappa shape index (κ1) is 21.2. The molecule has 31 heavy (non-hydrogen) atoms. The van der Waals surface area contributed by atoms with Crippen LogP contribution >= 0.6 is 0 Å². The van der Waals surface area contributed by atoms with E-state index in [1.54, 1.807) is 11.0 Å². The Hall–Kier alpha value is -3.02. The van der Waals surface area contributed by atoms with Crippen LogP contribution in [0.1, 0.15) is 36.8 Å². The molecule has 0 aromatic heterocycles. The average molecular weight is 423 g/mol. The molecule has 5 nitrogen and oxygen atoms in total. The molecule has 4 rings (SSSR count). The smallest absolute Gasteiger partial charge is 0.240 e. The number of rotatable bonds is 5. The van der Waals surface area contributed by atoms with Crippen LogP contribution < -0.4 is 0 Å². The largest absolute Gasteiger partial charge is 0.343 e. The first-order chi connectivity index (χ1) is 14.9. The van der Waals surface area contributed by atoms with Crippen molar-refractivity contribution < 1.29 is 18.8 Å². The van der Waals surface area contributed by atoms with Crippen molar-refractivity contribution in [3.8, 4) is 0 Å². The van der Waals surface area contributed by atoms with E-state index in [-0.39, 0.29) is 24.7 Å². The molecule has 0 N–H and O–H groups in total. The van der Waals surface area contributed by atoms with Gasteiger partial charge in [0.2, 0.25) is 17.7 Å². The number of nitrogens with zero attached hydrogens (tertiary/aromatic N) is 2. The number of halogens is 1. The van der Waals surface area contributed by atoms with Crippen molar-refractivity contribution in [2.45, 2.75) is 37.5 Å². The number of carbonyl (C=O) groups is 3. The summed E-state index contributed by atoms with van der Waals surface area (Å²) < 4.78 is 13.9. The van der Waals surface area contributed by atoms with Crippen molar-refractivity contribution in [1.82, 2.24) is 9.80 Å². The van der Waals surface area contributed by atoms with Gasteiger partial charge in [0.15, 0.2) is 0 Å². The lowest BCUT2D eigenvalue weighted by atomic mass is 9.75. The molecular formula is C25H27FN2O3. The van der Waals surface area contributed by atoms with E-state index in [2.05, 4.69) is 12.1 Å². The minimum absolute atomic E-state index is 0.109. The minimum Gasteiger partial charge on any atom is -0.343 e. The van der Waals surface area contributed by atoms with Crippen LogP contribution in [0.3, 0.4) is 0 Å². The van der Waals surface area contributed by atoms with Crippen molar-refractivity contribution >= 4 is 17.7 Å². The normalized spacial score (nSPS) is 22.3. The van der Waals surface area contributed by atoms with Crippen molar-refractivity contribution in [3.63, 3.8) is 0 Å². The van der Waals surface area contributed by atoms with Gasteiger partial charge >= 0.3 is 0 Å². The maximum atomic E-state index is 13.9. The van der Waals surface area contributed by atoms with Gasteiger partial charge in [-0.25, -0.2) is 4.39 Å². The van der Waals surface area contributed by atoms with Crippen LogP contribution in [0.15, 0.2) is 54.6 Å². The Kier molecular flexibility index (Phi) is 5.90. The number of likely N-dealkylation sites (N-methyl/N-ethyl adjacent to an activating group) is 1. The zero-order valence-corrected chi connectivity index (χ0v) is 17.7. The van der Waals surface area contributed by atoms with E-state index >= 15 is 0 Å². The van der Waals surface area contributed by atoms with Crippen LogP contribution in [0.5, 0.6) is 0 Å². The number of hydrogen-bond donors (Lipinski definition) is 0. The molecule has 2 aliphatic heterocycles. The number of likely N-dealkylation sites (tertiary alicyclic amines) is 2. The van der Waals surface area contributed by atoms with E-state index in [4.69, 9.17) is 0 Å². The van der Waals surface area contributed by atoms with Gasteiger partial charge in [-0.1, -0.05) is 42.5 Å². The van der Waals surface area contributed by atoms with E-state index < -0.39 is 17.1 Å². The highest BCUT2D eigenvalue weighted by Gasteiger charge is 2.53. The summed E-state index contributed by atoms with van der Waals surface area (Å²) in [6.07, 6.45) is 2.57. The molecule has 6 heteroatoms. The number of imide groups is 1. The van der Waals surface area contributed by atoms with Gasteiger partial charge in [0.05, 0.1) is 5.41 Å². The molecule has 0 bridgehead atoms. The maximum absolute atomic E-state index is 13.9. The lowest BCUT2D eigenvalue weighted by Crippen LogP contribution is -2.45. The van der Waals surface area contributed by atoms with Crippen LogP contribution in [0.25, 0.3) is 0 Å². The third kappa shape index (κ3) is 4.24. The van der Waals surface area contributed by atoms with Gasteiger partial charge in [0.1, 0.15) is 5.82 Å². The molecular weight excluding hydrogens is 395 g/mol. The first-order valence-corrected chi connectivity index (χ1v) is 10.8.